The van der Waals surface area contributed by atoms with E-state index in [2.05, 4.69) is 15.3 Å². The van der Waals surface area contributed by atoms with Crippen LogP contribution in [0, 0.1) is 0 Å². The van der Waals surface area contributed by atoms with Crippen LogP contribution in [-0.2, 0) is 0 Å². The Balaban J connectivity index is 1.86. The van der Waals surface area contributed by atoms with Crippen molar-refractivity contribution in [2.24, 2.45) is 0 Å². The average Bonchev–Trinajstić information content (AvgIpc) is 2.63. The van der Waals surface area contributed by atoms with Crippen LogP contribution in [0.1, 0.15) is 11.6 Å². The van der Waals surface area contributed by atoms with Crippen LogP contribution >= 0.6 is 11.6 Å². The molecule has 6 heteroatoms. The number of anilines is 1. The molecule has 1 aromatic heterocycles. The van der Waals surface area contributed by atoms with Crippen LogP contribution in [0.25, 0.3) is 11.3 Å². The van der Waals surface area contributed by atoms with Crippen molar-refractivity contribution in [2.75, 3.05) is 11.9 Å². The first kappa shape index (κ1) is 16.2. The van der Waals surface area contributed by atoms with E-state index in [9.17, 15) is 10.2 Å². The van der Waals surface area contributed by atoms with Crippen LogP contribution < -0.4 is 5.32 Å². The summed E-state index contributed by atoms with van der Waals surface area (Å²) in [6.07, 6.45) is 3.21. The highest BCUT2D eigenvalue weighted by Crippen LogP contribution is 2.29. The molecule has 122 valence electrons. The SMILES string of the molecule is OC[C@H](Nc1cncc(-c2ccc(O)c(Cl)c2)n1)c1ccccc1. The highest BCUT2D eigenvalue weighted by molar-refractivity contribution is 6.32. The smallest absolute Gasteiger partial charge is 0.145 e. The second kappa shape index (κ2) is 7.29. The number of rotatable bonds is 5. The lowest BCUT2D eigenvalue weighted by Crippen LogP contribution is -2.15. The van der Waals surface area contributed by atoms with Crippen molar-refractivity contribution in [1.82, 2.24) is 9.97 Å². The van der Waals surface area contributed by atoms with E-state index in [4.69, 9.17) is 11.6 Å². The van der Waals surface area contributed by atoms with Crippen molar-refractivity contribution >= 4 is 17.4 Å². The summed E-state index contributed by atoms with van der Waals surface area (Å²) in [4.78, 5) is 8.68. The van der Waals surface area contributed by atoms with Crippen molar-refractivity contribution in [2.45, 2.75) is 6.04 Å². The number of nitrogens with zero attached hydrogens (tertiary/aromatic N) is 2. The fraction of sp³-hybridized carbons (Fsp3) is 0.111. The van der Waals surface area contributed by atoms with E-state index < -0.39 is 0 Å². The Bertz CT molecular complexity index is 828. The molecule has 0 aliphatic carbocycles. The third-order valence-corrected chi connectivity index (χ3v) is 3.89. The predicted molar refractivity (Wildman–Crippen MR) is 94.0 cm³/mol. The van der Waals surface area contributed by atoms with Crippen LogP contribution in [0.4, 0.5) is 5.82 Å². The number of phenolic OH excluding ortho intramolecular Hbond substituents is 1. The highest BCUT2D eigenvalue weighted by atomic mass is 35.5. The zero-order chi connectivity index (χ0) is 16.9. The van der Waals surface area contributed by atoms with Gasteiger partial charge in [-0.25, -0.2) is 4.98 Å². The number of phenols is 1. The van der Waals surface area contributed by atoms with Gasteiger partial charge >= 0.3 is 0 Å². The van der Waals surface area contributed by atoms with Gasteiger partial charge in [-0.15, -0.1) is 0 Å². The van der Waals surface area contributed by atoms with Crippen molar-refractivity contribution in [3.05, 3.63) is 71.5 Å². The van der Waals surface area contributed by atoms with Gasteiger partial charge in [0.05, 0.1) is 35.8 Å². The number of aromatic hydroxyl groups is 1. The number of aromatic nitrogens is 2. The lowest BCUT2D eigenvalue weighted by molar-refractivity contribution is 0.276. The molecule has 0 unspecified atom stereocenters. The van der Waals surface area contributed by atoms with Gasteiger partial charge in [0, 0.05) is 5.56 Å². The van der Waals surface area contributed by atoms with E-state index in [1.165, 1.54) is 6.07 Å². The number of nitrogens with one attached hydrogen (secondary N) is 1. The van der Waals surface area contributed by atoms with Crippen LogP contribution in [0.3, 0.4) is 0 Å². The lowest BCUT2D eigenvalue weighted by Gasteiger charge is -2.17. The summed E-state index contributed by atoms with van der Waals surface area (Å²) in [7, 11) is 0. The molecule has 0 aliphatic heterocycles. The minimum atomic E-state index is -0.279. The van der Waals surface area contributed by atoms with E-state index in [0.717, 1.165) is 11.1 Å². The molecular weight excluding hydrogens is 326 g/mol. The van der Waals surface area contributed by atoms with Gasteiger partial charge in [-0.3, -0.25) is 4.98 Å². The first-order valence-electron chi connectivity index (χ1n) is 7.40. The zero-order valence-electron chi connectivity index (χ0n) is 12.7. The fourth-order valence-electron chi connectivity index (χ4n) is 2.34. The van der Waals surface area contributed by atoms with Gasteiger partial charge in [0.1, 0.15) is 11.6 Å². The van der Waals surface area contributed by atoms with E-state index >= 15 is 0 Å². The van der Waals surface area contributed by atoms with Crippen LogP contribution in [0.15, 0.2) is 60.9 Å². The first-order valence-corrected chi connectivity index (χ1v) is 7.78. The summed E-state index contributed by atoms with van der Waals surface area (Å²) in [5.41, 5.74) is 2.32. The highest BCUT2D eigenvalue weighted by Gasteiger charge is 2.12. The molecule has 3 N–H and O–H groups in total. The topological polar surface area (TPSA) is 78.3 Å². The largest absolute Gasteiger partial charge is 0.506 e. The minimum Gasteiger partial charge on any atom is -0.506 e. The summed E-state index contributed by atoms with van der Waals surface area (Å²) in [6, 6.07) is 14.2. The second-order valence-electron chi connectivity index (χ2n) is 5.25. The number of benzene rings is 2. The summed E-state index contributed by atoms with van der Waals surface area (Å²) in [5.74, 6) is 0.562. The number of aliphatic hydroxyl groups is 1. The molecule has 2 aromatic carbocycles. The molecule has 1 atom stereocenters. The number of hydrogen-bond acceptors (Lipinski definition) is 5. The summed E-state index contributed by atoms with van der Waals surface area (Å²) >= 11 is 5.94. The standard InChI is InChI=1S/C18H16ClN3O2/c19-14-8-13(6-7-17(14)24)15-9-20-10-18(21-15)22-16(11-23)12-4-2-1-3-5-12/h1-10,16,23-24H,11H2,(H,21,22)/t16-/m0/s1. The number of aliphatic hydroxyl groups excluding tert-OH is 1. The van der Waals surface area contributed by atoms with Gasteiger partial charge in [0.25, 0.3) is 0 Å². The normalized spacial score (nSPS) is 11.9. The van der Waals surface area contributed by atoms with Crippen molar-refractivity contribution in [3.63, 3.8) is 0 Å². The van der Waals surface area contributed by atoms with Gasteiger partial charge in [0.15, 0.2) is 0 Å². The quantitative estimate of drug-likeness (QED) is 0.660. The first-order chi connectivity index (χ1) is 11.7. The maximum absolute atomic E-state index is 9.64. The molecule has 0 bridgehead atoms. The Morgan fingerprint density at radius 3 is 2.58 bits per heavy atom. The van der Waals surface area contributed by atoms with Gasteiger partial charge in [-0.1, -0.05) is 41.9 Å². The second-order valence-corrected chi connectivity index (χ2v) is 5.65. The van der Waals surface area contributed by atoms with Crippen molar-refractivity contribution in [3.8, 4) is 17.0 Å². The molecule has 0 radical (unpaired) electrons. The molecule has 0 saturated heterocycles. The molecule has 0 amide bonds. The molecule has 3 rings (SSSR count). The third-order valence-electron chi connectivity index (χ3n) is 3.58. The molecule has 0 saturated carbocycles. The molecule has 0 fully saturated rings. The molecular formula is C18H16ClN3O2. The molecule has 5 nitrogen and oxygen atoms in total. The van der Waals surface area contributed by atoms with Gasteiger partial charge in [0.2, 0.25) is 0 Å². The molecule has 24 heavy (non-hydrogen) atoms. The number of hydrogen-bond donors (Lipinski definition) is 3. The fourth-order valence-corrected chi connectivity index (χ4v) is 2.52. The third kappa shape index (κ3) is 3.64. The Morgan fingerprint density at radius 2 is 1.88 bits per heavy atom. The lowest BCUT2D eigenvalue weighted by atomic mass is 10.1. The van der Waals surface area contributed by atoms with Gasteiger partial charge in [-0.05, 0) is 23.8 Å². The summed E-state index contributed by atoms with van der Waals surface area (Å²) in [5, 5.41) is 22.6. The number of halogens is 1. The van der Waals surface area contributed by atoms with E-state index in [1.807, 2.05) is 30.3 Å². The monoisotopic (exact) mass is 341 g/mol. The Kier molecular flexibility index (Phi) is 4.93. The summed E-state index contributed by atoms with van der Waals surface area (Å²) < 4.78 is 0. The van der Waals surface area contributed by atoms with E-state index in [-0.39, 0.29) is 23.4 Å². The Labute approximate surface area is 144 Å². The summed E-state index contributed by atoms with van der Waals surface area (Å²) in [6.45, 7) is -0.0685. The molecule has 0 spiro atoms. The predicted octanol–water partition coefficient (Wildman–Crippen LogP) is 3.65. The van der Waals surface area contributed by atoms with Crippen LogP contribution in [0.2, 0.25) is 5.02 Å². The van der Waals surface area contributed by atoms with Gasteiger partial charge < -0.3 is 15.5 Å². The van der Waals surface area contributed by atoms with E-state index in [1.54, 1.807) is 24.5 Å². The minimum absolute atomic E-state index is 0.0204. The zero-order valence-corrected chi connectivity index (χ0v) is 13.5. The maximum Gasteiger partial charge on any atom is 0.145 e. The maximum atomic E-state index is 9.64. The van der Waals surface area contributed by atoms with Gasteiger partial charge in [-0.2, -0.15) is 0 Å². The Morgan fingerprint density at radius 1 is 1.08 bits per heavy atom. The van der Waals surface area contributed by atoms with Crippen molar-refractivity contribution < 1.29 is 10.2 Å². The molecule has 3 aromatic rings. The van der Waals surface area contributed by atoms with E-state index in [0.29, 0.717) is 11.5 Å². The van der Waals surface area contributed by atoms with Crippen LogP contribution in [-0.4, -0.2) is 26.8 Å². The van der Waals surface area contributed by atoms with Crippen LogP contribution in [0.5, 0.6) is 5.75 Å². The average molecular weight is 342 g/mol. The molecule has 0 aliphatic rings. The molecule has 1 heterocycles. The Hall–Kier alpha value is -2.63. The van der Waals surface area contributed by atoms with Crippen molar-refractivity contribution in [1.29, 1.82) is 0 Å².